The van der Waals surface area contributed by atoms with Crippen molar-refractivity contribution in [3.05, 3.63) is 221 Å². The van der Waals surface area contributed by atoms with Gasteiger partial charge in [0.2, 0.25) is 0 Å². The van der Waals surface area contributed by atoms with Gasteiger partial charge in [0.15, 0.2) is 11.5 Å². The zero-order chi connectivity index (χ0) is 40.7. The zero-order valence-electron chi connectivity index (χ0n) is 33.7. The van der Waals surface area contributed by atoms with Crippen LogP contribution in [0.25, 0.3) is 0 Å². The van der Waals surface area contributed by atoms with Crippen molar-refractivity contribution in [3.8, 4) is 28.7 Å². The number of benzene rings is 7. The lowest BCUT2D eigenvalue weighted by Crippen LogP contribution is -2.26. The maximum atomic E-state index is 6.89. The van der Waals surface area contributed by atoms with Crippen molar-refractivity contribution in [2.24, 2.45) is 0 Å². The molecule has 0 amide bonds. The number of thioether (sulfide) groups is 2. The number of aryl methyl sites for hydroxylation is 1. The van der Waals surface area contributed by atoms with Gasteiger partial charge in [0.1, 0.15) is 50.3 Å². The lowest BCUT2D eigenvalue weighted by Gasteiger charge is -2.39. The van der Waals surface area contributed by atoms with E-state index in [0.29, 0.717) is 38.8 Å². The highest BCUT2D eigenvalue weighted by molar-refractivity contribution is 8.18. The summed E-state index contributed by atoms with van der Waals surface area (Å²) in [5.74, 6) is 5.82. The third-order valence-corrected chi connectivity index (χ3v) is 13.8. The molecule has 0 N–H and O–H groups in total. The third kappa shape index (κ3) is 11.3. The van der Waals surface area contributed by atoms with E-state index < -0.39 is 0 Å². The molecule has 1 saturated heterocycles. The van der Waals surface area contributed by atoms with Gasteiger partial charge in [-0.05, 0) is 76.3 Å². The molecule has 7 heteroatoms. The van der Waals surface area contributed by atoms with E-state index in [1.807, 2.05) is 90.3 Å². The van der Waals surface area contributed by atoms with E-state index >= 15 is 0 Å². The largest absolute Gasteiger partial charge is 0.489 e. The molecule has 0 aromatic heterocycles. The van der Waals surface area contributed by atoms with Gasteiger partial charge < -0.3 is 23.7 Å². The first-order valence-electron chi connectivity index (χ1n) is 20.6. The molecular formula is C53H50O5S2. The Balaban J connectivity index is 1.13. The van der Waals surface area contributed by atoms with E-state index in [2.05, 4.69) is 115 Å². The second kappa shape index (κ2) is 21.0. The van der Waals surface area contributed by atoms with Gasteiger partial charge in [-0.1, -0.05) is 158 Å². The summed E-state index contributed by atoms with van der Waals surface area (Å²) >= 11 is 4.00. The standard InChI is InChI=1S/C53H50O5S2/c1-6-17-42(18-7-1)36-54-47-34-50(57-39-45-23-12-4-13-24-45)52(51(35-47)58-40-46-25-14-5-15-26-46)53(59-31-16-32-60-53)30-29-41-27-28-48(55-37-43-19-8-2-9-20-43)49(33-41)56-38-44-21-10-3-11-22-44/h1-15,17-28,33-35H,16,29-32,36-40H2. The predicted octanol–water partition coefficient (Wildman–Crippen LogP) is 13.2. The van der Waals surface area contributed by atoms with Crippen LogP contribution in [-0.2, 0) is 43.5 Å². The second-order valence-electron chi connectivity index (χ2n) is 14.8. The van der Waals surface area contributed by atoms with Gasteiger partial charge in [0.25, 0.3) is 0 Å². The minimum atomic E-state index is -0.359. The zero-order valence-corrected chi connectivity index (χ0v) is 35.4. The Morgan fingerprint density at radius 3 is 1.18 bits per heavy atom. The minimum absolute atomic E-state index is 0.359. The maximum absolute atomic E-state index is 6.89. The molecule has 0 bridgehead atoms. The van der Waals surface area contributed by atoms with E-state index in [1.165, 1.54) is 5.56 Å². The molecule has 0 atom stereocenters. The molecule has 5 nitrogen and oxygen atoms in total. The van der Waals surface area contributed by atoms with E-state index in [1.54, 1.807) is 0 Å². The van der Waals surface area contributed by atoms with Crippen LogP contribution in [0, 0.1) is 0 Å². The summed E-state index contributed by atoms with van der Waals surface area (Å²) in [5.41, 5.74) is 7.75. The smallest absolute Gasteiger partial charge is 0.161 e. The average Bonchev–Trinajstić information content (AvgIpc) is 3.32. The Morgan fingerprint density at radius 1 is 0.367 bits per heavy atom. The van der Waals surface area contributed by atoms with Crippen LogP contribution in [0.15, 0.2) is 182 Å². The summed E-state index contributed by atoms with van der Waals surface area (Å²) in [4.78, 5) is 0. The number of ether oxygens (including phenoxy) is 5. The SMILES string of the molecule is c1ccc(COc2cc(OCc3ccccc3)c(C3(CCc4ccc(OCc5ccccc5)c(OCc5ccccc5)c4)SCCCS3)c(OCc3ccccc3)c2)cc1. The molecule has 1 heterocycles. The first-order chi connectivity index (χ1) is 29.7. The number of rotatable bonds is 19. The van der Waals surface area contributed by atoms with Crippen LogP contribution in [0.3, 0.4) is 0 Å². The summed E-state index contributed by atoms with van der Waals surface area (Å²) in [6.07, 6.45) is 2.79. The highest BCUT2D eigenvalue weighted by Gasteiger charge is 2.41. The molecule has 8 rings (SSSR count). The van der Waals surface area contributed by atoms with Crippen molar-refractivity contribution < 1.29 is 23.7 Å². The van der Waals surface area contributed by atoms with Gasteiger partial charge >= 0.3 is 0 Å². The van der Waals surface area contributed by atoms with Gasteiger partial charge in [-0.15, -0.1) is 23.5 Å². The third-order valence-electron chi connectivity index (χ3n) is 10.3. The highest BCUT2D eigenvalue weighted by Crippen LogP contribution is 2.59. The molecule has 7 aromatic carbocycles. The first kappa shape index (κ1) is 41.0. The summed E-state index contributed by atoms with van der Waals surface area (Å²) in [6.45, 7) is 2.19. The molecule has 304 valence electrons. The van der Waals surface area contributed by atoms with Crippen LogP contribution in [0.5, 0.6) is 28.7 Å². The molecule has 0 unspecified atom stereocenters. The van der Waals surface area contributed by atoms with Crippen molar-refractivity contribution >= 4 is 23.5 Å². The Kier molecular flexibility index (Phi) is 14.3. The lowest BCUT2D eigenvalue weighted by molar-refractivity contribution is 0.255. The van der Waals surface area contributed by atoms with Crippen LogP contribution in [0.2, 0.25) is 0 Å². The monoisotopic (exact) mass is 830 g/mol. The normalized spacial score (nSPS) is 13.3. The Labute approximate surface area is 363 Å². The summed E-state index contributed by atoms with van der Waals surface area (Å²) < 4.78 is 32.8. The molecule has 0 saturated carbocycles. The predicted molar refractivity (Wildman–Crippen MR) is 246 cm³/mol. The van der Waals surface area contributed by atoms with Crippen molar-refractivity contribution in [1.82, 2.24) is 0 Å². The van der Waals surface area contributed by atoms with Crippen molar-refractivity contribution in [2.75, 3.05) is 11.5 Å². The fourth-order valence-corrected chi connectivity index (χ4v) is 10.6. The molecule has 1 aliphatic heterocycles. The van der Waals surface area contributed by atoms with Crippen LogP contribution >= 0.6 is 23.5 Å². The molecule has 0 aliphatic carbocycles. The Bertz CT molecular complexity index is 2290. The summed E-state index contributed by atoms with van der Waals surface area (Å²) in [7, 11) is 0. The fraction of sp³-hybridized carbons (Fsp3) is 0.208. The molecule has 0 spiro atoms. The van der Waals surface area contributed by atoms with Crippen molar-refractivity contribution in [3.63, 3.8) is 0 Å². The van der Waals surface area contributed by atoms with E-state index in [9.17, 15) is 0 Å². The number of hydrogen-bond acceptors (Lipinski definition) is 7. The average molecular weight is 831 g/mol. The van der Waals surface area contributed by atoms with Crippen LogP contribution in [-0.4, -0.2) is 11.5 Å². The maximum Gasteiger partial charge on any atom is 0.161 e. The fourth-order valence-electron chi connectivity index (χ4n) is 7.17. The van der Waals surface area contributed by atoms with Crippen LogP contribution in [0.4, 0.5) is 0 Å². The van der Waals surface area contributed by atoms with Crippen molar-refractivity contribution in [2.45, 2.75) is 56.4 Å². The Morgan fingerprint density at radius 2 is 0.750 bits per heavy atom. The topological polar surface area (TPSA) is 46.2 Å². The van der Waals surface area contributed by atoms with Gasteiger partial charge in [0, 0.05) is 12.1 Å². The molecule has 0 radical (unpaired) electrons. The van der Waals surface area contributed by atoms with Gasteiger partial charge in [-0.2, -0.15) is 0 Å². The lowest BCUT2D eigenvalue weighted by atomic mass is 10.00. The van der Waals surface area contributed by atoms with Crippen molar-refractivity contribution in [1.29, 1.82) is 0 Å². The minimum Gasteiger partial charge on any atom is -0.489 e. The Hall–Kier alpha value is -5.76. The summed E-state index contributed by atoms with van der Waals surface area (Å²) in [5, 5.41) is 0. The highest BCUT2D eigenvalue weighted by atomic mass is 32.2. The summed E-state index contributed by atoms with van der Waals surface area (Å²) in [6, 6.07) is 62.0. The van der Waals surface area contributed by atoms with Gasteiger partial charge in [0.05, 0.1) is 9.64 Å². The van der Waals surface area contributed by atoms with Crippen LogP contribution in [0.1, 0.15) is 51.8 Å². The molecule has 60 heavy (non-hydrogen) atoms. The van der Waals surface area contributed by atoms with E-state index in [0.717, 1.165) is 87.1 Å². The quantitative estimate of drug-likeness (QED) is 0.0804. The number of hydrogen-bond donors (Lipinski definition) is 0. The van der Waals surface area contributed by atoms with E-state index in [4.69, 9.17) is 23.7 Å². The van der Waals surface area contributed by atoms with Gasteiger partial charge in [-0.25, -0.2) is 0 Å². The first-order valence-corrected chi connectivity index (χ1v) is 22.6. The van der Waals surface area contributed by atoms with Gasteiger partial charge in [-0.3, -0.25) is 0 Å². The van der Waals surface area contributed by atoms with Crippen LogP contribution < -0.4 is 23.7 Å². The molecule has 7 aromatic rings. The molecule has 1 fully saturated rings. The molecular weight excluding hydrogens is 781 g/mol. The second-order valence-corrected chi connectivity index (χ2v) is 17.8. The molecule has 1 aliphatic rings. The van der Waals surface area contributed by atoms with E-state index in [-0.39, 0.29) is 4.08 Å².